The van der Waals surface area contributed by atoms with Gasteiger partial charge < -0.3 is 10.0 Å². The third kappa shape index (κ3) is 3.48. The first-order valence-electron chi connectivity index (χ1n) is 4.90. The van der Waals surface area contributed by atoms with Gasteiger partial charge in [0.05, 0.1) is 0 Å². The molecule has 5 heteroatoms. The summed E-state index contributed by atoms with van der Waals surface area (Å²) in [4.78, 5) is 13.0. The quantitative estimate of drug-likeness (QED) is 0.683. The maximum Gasteiger partial charge on any atom is 0.317 e. The van der Waals surface area contributed by atoms with Gasteiger partial charge in [-0.15, -0.1) is 0 Å². The van der Waals surface area contributed by atoms with E-state index in [1.54, 1.807) is 0 Å². The molecule has 4 nitrogen and oxygen atoms in total. The van der Waals surface area contributed by atoms with E-state index in [4.69, 9.17) is 10.2 Å². The summed E-state index contributed by atoms with van der Waals surface area (Å²) in [6.45, 7) is 2.15. The fourth-order valence-electron chi connectivity index (χ4n) is 1.82. The standard InChI is InChI=1S/C9H18N2O2S/c1-11-4-2-7(3-5-11)6-8(14-10)9(12)13/h7-8H,2-6,10H2,1H3,(H,12,13). The number of carbonyl (C=O) groups is 1. The largest absolute Gasteiger partial charge is 0.480 e. The lowest BCUT2D eigenvalue weighted by Crippen LogP contribution is -2.32. The summed E-state index contributed by atoms with van der Waals surface area (Å²) in [6, 6.07) is 0. The highest BCUT2D eigenvalue weighted by atomic mass is 32.2. The van der Waals surface area contributed by atoms with Crippen LogP contribution < -0.4 is 5.14 Å². The first-order valence-corrected chi connectivity index (χ1v) is 5.84. The van der Waals surface area contributed by atoms with Gasteiger partial charge in [-0.2, -0.15) is 0 Å². The summed E-state index contributed by atoms with van der Waals surface area (Å²) in [6.07, 6.45) is 2.91. The number of aliphatic carboxylic acids is 1. The van der Waals surface area contributed by atoms with E-state index in [-0.39, 0.29) is 0 Å². The lowest BCUT2D eigenvalue weighted by molar-refractivity contribution is -0.136. The Morgan fingerprint density at radius 1 is 1.64 bits per heavy atom. The van der Waals surface area contributed by atoms with Crippen molar-refractivity contribution in [3.8, 4) is 0 Å². The maximum atomic E-state index is 10.8. The molecule has 0 aliphatic carbocycles. The summed E-state index contributed by atoms with van der Waals surface area (Å²) < 4.78 is 0. The summed E-state index contributed by atoms with van der Waals surface area (Å²) >= 11 is 0.959. The van der Waals surface area contributed by atoms with E-state index in [2.05, 4.69) is 11.9 Å². The summed E-state index contributed by atoms with van der Waals surface area (Å²) in [7, 11) is 2.10. The minimum absolute atomic E-state index is 0.427. The number of rotatable bonds is 4. The van der Waals surface area contributed by atoms with Crippen molar-refractivity contribution in [1.29, 1.82) is 0 Å². The smallest absolute Gasteiger partial charge is 0.317 e. The molecule has 0 aromatic rings. The predicted octanol–water partition coefficient (Wildman–Crippen LogP) is 0.778. The Morgan fingerprint density at radius 3 is 2.64 bits per heavy atom. The Labute approximate surface area is 89.0 Å². The van der Waals surface area contributed by atoms with Crippen molar-refractivity contribution in [2.45, 2.75) is 24.5 Å². The number of hydrogen-bond acceptors (Lipinski definition) is 4. The Balaban J connectivity index is 2.32. The first-order chi connectivity index (χ1) is 6.63. The van der Waals surface area contributed by atoms with Gasteiger partial charge in [-0.05, 0) is 45.3 Å². The third-order valence-electron chi connectivity index (χ3n) is 2.83. The fraction of sp³-hybridized carbons (Fsp3) is 0.889. The molecule has 82 valence electrons. The van der Waals surface area contributed by atoms with Crippen LogP contribution in [0.5, 0.6) is 0 Å². The van der Waals surface area contributed by atoms with Crippen LogP contribution in [-0.2, 0) is 4.79 Å². The van der Waals surface area contributed by atoms with Crippen molar-refractivity contribution in [2.75, 3.05) is 20.1 Å². The topological polar surface area (TPSA) is 66.6 Å². The number of piperidine rings is 1. The Hall–Kier alpha value is -0.260. The number of nitrogens with zero attached hydrogens (tertiary/aromatic N) is 1. The Bertz CT molecular complexity index is 193. The molecule has 1 heterocycles. The number of hydrogen-bond donors (Lipinski definition) is 2. The molecule has 1 saturated heterocycles. The summed E-state index contributed by atoms with van der Waals surface area (Å²) in [5.41, 5.74) is 0. The minimum Gasteiger partial charge on any atom is -0.480 e. The molecule has 1 fully saturated rings. The van der Waals surface area contributed by atoms with Crippen LogP contribution in [0.15, 0.2) is 0 Å². The molecule has 0 spiro atoms. The SMILES string of the molecule is CN1CCC(CC(SN)C(=O)O)CC1. The second-order valence-corrected chi connectivity index (χ2v) is 4.79. The van der Waals surface area contributed by atoms with Gasteiger partial charge in [-0.3, -0.25) is 9.93 Å². The number of nitrogens with two attached hydrogens (primary N) is 1. The van der Waals surface area contributed by atoms with Gasteiger partial charge in [-0.25, -0.2) is 0 Å². The number of carboxylic acid groups (broad SMARTS) is 1. The molecular formula is C9H18N2O2S. The molecule has 0 bridgehead atoms. The van der Waals surface area contributed by atoms with Crippen LogP contribution in [0, 0.1) is 5.92 Å². The van der Waals surface area contributed by atoms with E-state index in [1.807, 2.05) is 0 Å². The molecule has 1 unspecified atom stereocenters. The lowest BCUT2D eigenvalue weighted by atomic mass is 9.92. The third-order valence-corrected chi connectivity index (χ3v) is 3.55. The predicted molar refractivity (Wildman–Crippen MR) is 58.0 cm³/mol. The van der Waals surface area contributed by atoms with Crippen molar-refractivity contribution >= 4 is 17.9 Å². The number of likely N-dealkylation sites (tertiary alicyclic amines) is 1. The normalized spacial score (nSPS) is 22.1. The van der Waals surface area contributed by atoms with Gasteiger partial charge in [0, 0.05) is 0 Å². The molecule has 1 rings (SSSR count). The first kappa shape index (κ1) is 11.8. The van der Waals surface area contributed by atoms with Crippen molar-refractivity contribution in [1.82, 2.24) is 4.90 Å². The van der Waals surface area contributed by atoms with E-state index in [1.165, 1.54) is 0 Å². The molecular weight excluding hydrogens is 200 g/mol. The molecule has 0 radical (unpaired) electrons. The van der Waals surface area contributed by atoms with Crippen molar-refractivity contribution in [3.63, 3.8) is 0 Å². The van der Waals surface area contributed by atoms with E-state index in [0.29, 0.717) is 12.3 Å². The highest BCUT2D eigenvalue weighted by Crippen LogP contribution is 2.24. The van der Waals surface area contributed by atoms with E-state index >= 15 is 0 Å². The van der Waals surface area contributed by atoms with Gasteiger partial charge in [0.15, 0.2) is 0 Å². The van der Waals surface area contributed by atoms with E-state index < -0.39 is 11.2 Å². The van der Waals surface area contributed by atoms with Crippen LogP contribution in [0.2, 0.25) is 0 Å². The second-order valence-electron chi connectivity index (χ2n) is 3.95. The van der Waals surface area contributed by atoms with Crippen LogP contribution in [0.3, 0.4) is 0 Å². The highest BCUT2D eigenvalue weighted by molar-refractivity contribution is 7.98. The van der Waals surface area contributed by atoms with Gasteiger partial charge in [0.1, 0.15) is 5.25 Å². The van der Waals surface area contributed by atoms with Gasteiger partial charge >= 0.3 is 5.97 Å². The van der Waals surface area contributed by atoms with Crippen molar-refractivity contribution in [2.24, 2.45) is 11.1 Å². The molecule has 0 aromatic carbocycles. The zero-order valence-electron chi connectivity index (χ0n) is 8.48. The Kier molecular flexibility index (Phi) is 4.71. The van der Waals surface area contributed by atoms with Crippen LogP contribution in [-0.4, -0.2) is 41.4 Å². The second kappa shape index (κ2) is 5.58. The molecule has 14 heavy (non-hydrogen) atoms. The zero-order chi connectivity index (χ0) is 10.6. The molecule has 1 aliphatic heterocycles. The average Bonchev–Trinajstić information content (AvgIpc) is 2.16. The average molecular weight is 218 g/mol. The van der Waals surface area contributed by atoms with Crippen molar-refractivity contribution < 1.29 is 9.90 Å². The van der Waals surface area contributed by atoms with Crippen LogP contribution in [0.1, 0.15) is 19.3 Å². The zero-order valence-corrected chi connectivity index (χ0v) is 9.30. The molecule has 0 amide bonds. The van der Waals surface area contributed by atoms with E-state index in [0.717, 1.165) is 37.9 Å². The van der Waals surface area contributed by atoms with Crippen LogP contribution in [0.4, 0.5) is 0 Å². The lowest BCUT2D eigenvalue weighted by Gasteiger charge is -2.29. The van der Waals surface area contributed by atoms with Gasteiger partial charge in [-0.1, -0.05) is 11.9 Å². The Morgan fingerprint density at radius 2 is 2.21 bits per heavy atom. The molecule has 3 N–H and O–H groups in total. The monoisotopic (exact) mass is 218 g/mol. The molecule has 1 atom stereocenters. The van der Waals surface area contributed by atoms with Crippen LogP contribution in [0.25, 0.3) is 0 Å². The summed E-state index contributed by atoms with van der Waals surface area (Å²) in [5.74, 6) is -0.250. The van der Waals surface area contributed by atoms with Gasteiger partial charge in [0.2, 0.25) is 0 Å². The highest BCUT2D eigenvalue weighted by Gasteiger charge is 2.24. The maximum absolute atomic E-state index is 10.8. The fourth-order valence-corrected chi connectivity index (χ4v) is 2.31. The molecule has 1 aliphatic rings. The van der Waals surface area contributed by atoms with E-state index in [9.17, 15) is 4.79 Å². The molecule has 0 saturated carbocycles. The van der Waals surface area contributed by atoms with Gasteiger partial charge in [0.25, 0.3) is 0 Å². The van der Waals surface area contributed by atoms with Crippen molar-refractivity contribution in [3.05, 3.63) is 0 Å². The summed E-state index contributed by atoms with van der Waals surface area (Å²) in [5, 5.41) is 13.8. The van der Waals surface area contributed by atoms with Crippen LogP contribution >= 0.6 is 11.9 Å². The minimum atomic E-state index is -0.781. The molecule has 0 aromatic heterocycles. The number of carboxylic acids is 1.